The van der Waals surface area contributed by atoms with E-state index in [2.05, 4.69) is 91.0 Å². The van der Waals surface area contributed by atoms with Gasteiger partial charge in [0.25, 0.3) is 0 Å². The molecule has 3 rings (SSSR count). The van der Waals surface area contributed by atoms with Gasteiger partial charge in [0.05, 0.1) is 24.6 Å². The maximum absolute atomic E-state index is 8.93. The molecule has 0 spiro atoms. The van der Waals surface area contributed by atoms with Crippen LogP contribution in [-0.2, 0) is 9.48 Å². The van der Waals surface area contributed by atoms with Crippen LogP contribution in [0, 0.1) is 0 Å². The highest BCUT2D eigenvalue weighted by Crippen LogP contribution is 2.48. The molecule has 0 atom stereocenters. The number of aliphatic hydroxyl groups is 1. The van der Waals surface area contributed by atoms with E-state index in [1.807, 2.05) is 11.8 Å². The van der Waals surface area contributed by atoms with Gasteiger partial charge in [-0.1, -0.05) is 91.0 Å². The summed E-state index contributed by atoms with van der Waals surface area (Å²) in [4.78, 5) is 0. The third kappa shape index (κ3) is 4.18. The molecule has 3 aromatic carbocycles. The number of aliphatic hydroxyl groups excluding tert-OH is 1. The lowest BCUT2D eigenvalue weighted by Crippen LogP contribution is -2.26. The van der Waals surface area contributed by atoms with Crippen LogP contribution in [0.15, 0.2) is 91.0 Å². The van der Waals surface area contributed by atoms with Crippen LogP contribution in [0.2, 0.25) is 0 Å². The predicted molar refractivity (Wildman–Crippen MR) is 110 cm³/mol. The monoisotopic (exact) mass is 364 g/mol. The van der Waals surface area contributed by atoms with Gasteiger partial charge in [0, 0.05) is 5.75 Å². The Kier molecular flexibility index (Phi) is 6.89. The van der Waals surface area contributed by atoms with Crippen LogP contribution >= 0.6 is 11.8 Å². The van der Waals surface area contributed by atoms with Gasteiger partial charge in [-0.05, 0) is 16.7 Å². The molecule has 0 aliphatic heterocycles. The van der Waals surface area contributed by atoms with E-state index in [0.29, 0.717) is 13.2 Å². The molecule has 0 aromatic heterocycles. The van der Waals surface area contributed by atoms with E-state index in [-0.39, 0.29) is 11.4 Å². The van der Waals surface area contributed by atoms with E-state index in [0.717, 1.165) is 5.75 Å². The van der Waals surface area contributed by atoms with Gasteiger partial charge in [0.1, 0.15) is 0 Å². The fourth-order valence-electron chi connectivity index (χ4n) is 3.19. The van der Waals surface area contributed by atoms with Gasteiger partial charge in [0.15, 0.2) is 0 Å². The van der Waals surface area contributed by atoms with Crippen molar-refractivity contribution < 1.29 is 9.84 Å². The first-order valence-corrected chi connectivity index (χ1v) is 9.85. The molecule has 2 nitrogen and oxygen atoms in total. The molecule has 134 valence electrons. The van der Waals surface area contributed by atoms with E-state index >= 15 is 0 Å². The average Bonchev–Trinajstić information content (AvgIpc) is 2.73. The van der Waals surface area contributed by atoms with Crippen LogP contribution in [0.4, 0.5) is 0 Å². The molecule has 0 bridgehead atoms. The zero-order valence-corrected chi connectivity index (χ0v) is 15.6. The van der Waals surface area contributed by atoms with Gasteiger partial charge < -0.3 is 9.84 Å². The quantitative estimate of drug-likeness (QED) is 0.440. The predicted octanol–water partition coefficient (Wildman–Crippen LogP) is 4.72. The van der Waals surface area contributed by atoms with Gasteiger partial charge in [-0.25, -0.2) is 0 Å². The normalized spacial score (nSPS) is 11.4. The summed E-state index contributed by atoms with van der Waals surface area (Å²) in [5.74, 6) is 0.832. The zero-order valence-electron chi connectivity index (χ0n) is 14.8. The lowest BCUT2D eigenvalue weighted by molar-refractivity contribution is 0.103. The highest BCUT2D eigenvalue weighted by Gasteiger charge is 2.36. The Morgan fingerprint density at radius 2 is 1.08 bits per heavy atom. The van der Waals surface area contributed by atoms with Crippen LogP contribution in [-0.4, -0.2) is 30.7 Å². The molecule has 0 fully saturated rings. The second-order valence-electron chi connectivity index (χ2n) is 5.96. The molecule has 0 heterocycles. The van der Waals surface area contributed by atoms with Crippen molar-refractivity contribution >= 4 is 11.8 Å². The first-order chi connectivity index (χ1) is 12.9. The first kappa shape index (κ1) is 18.7. The zero-order chi connectivity index (χ0) is 18.1. The van der Waals surface area contributed by atoms with E-state index in [4.69, 9.17) is 9.84 Å². The summed E-state index contributed by atoms with van der Waals surface area (Å²) in [6, 6.07) is 31.9. The van der Waals surface area contributed by atoms with Crippen molar-refractivity contribution in [3.05, 3.63) is 108 Å². The van der Waals surface area contributed by atoms with Crippen LogP contribution in [0.1, 0.15) is 16.7 Å². The molecular weight excluding hydrogens is 340 g/mol. The van der Waals surface area contributed by atoms with Gasteiger partial charge in [0.2, 0.25) is 0 Å². The summed E-state index contributed by atoms with van der Waals surface area (Å²) in [6.07, 6.45) is 0. The molecule has 0 radical (unpaired) electrons. The summed E-state index contributed by atoms with van der Waals surface area (Å²) in [5.41, 5.74) is 3.76. The minimum atomic E-state index is -0.299. The van der Waals surface area contributed by atoms with Crippen molar-refractivity contribution in [2.75, 3.05) is 25.6 Å². The molecule has 0 saturated heterocycles. The topological polar surface area (TPSA) is 29.5 Å². The number of benzene rings is 3. The van der Waals surface area contributed by atoms with Gasteiger partial charge >= 0.3 is 0 Å². The molecule has 0 amide bonds. The van der Waals surface area contributed by atoms with Crippen molar-refractivity contribution in [2.24, 2.45) is 0 Å². The molecule has 26 heavy (non-hydrogen) atoms. The van der Waals surface area contributed by atoms with Crippen LogP contribution < -0.4 is 0 Å². The number of ether oxygens (including phenoxy) is 1. The third-order valence-electron chi connectivity index (χ3n) is 4.32. The van der Waals surface area contributed by atoms with Gasteiger partial charge in [-0.2, -0.15) is 0 Å². The number of rotatable bonds is 9. The first-order valence-electron chi connectivity index (χ1n) is 8.87. The molecule has 3 heteroatoms. The Morgan fingerprint density at radius 3 is 1.46 bits per heavy atom. The lowest BCUT2D eigenvalue weighted by Gasteiger charge is -2.35. The van der Waals surface area contributed by atoms with Crippen molar-refractivity contribution in [3.63, 3.8) is 0 Å². The minimum Gasteiger partial charge on any atom is -0.394 e. The van der Waals surface area contributed by atoms with Crippen molar-refractivity contribution in [1.82, 2.24) is 0 Å². The maximum atomic E-state index is 8.93. The average molecular weight is 365 g/mol. The maximum Gasteiger partial charge on any atom is 0.0907 e. The standard InChI is InChI=1S/C23H24O2S/c24-16-17-25-18-19-26-23(20-10-4-1-5-11-20,21-12-6-2-7-13-21)22-14-8-3-9-15-22/h1-15,24H,16-19H2. The molecule has 0 aliphatic carbocycles. The minimum absolute atomic E-state index is 0.0614. The molecular formula is C23H24O2S. The number of thioether (sulfide) groups is 1. The second kappa shape index (κ2) is 9.58. The van der Waals surface area contributed by atoms with Crippen molar-refractivity contribution in [2.45, 2.75) is 4.75 Å². The molecule has 0 saturated carbocycles. The Balaban J connectivity index is 2.06. The Bertz CT molecular complexity index is 663. The SMILES string of the molecule is OCCOCCSC(c1ccccc1)(c1ccccc1)c1ccccc1. The number of hydrogen-bond donors (Lipinski definition) is 1. The van der Waals surface area contributed by atoms with Crippen molar-refractivity contribution in [1.29, 1.82) is 0 Å². The van der Waals surface area contributed by atoms with E-state index in [9.17, 15) is 0 Å². The van der Waals surface area contributed by atoms with Crippen LogP contribution in [0.5, 0.6) is 0 Å². The van der Waals surface area contributed by atoms with Gasteiger partial charge in [-0.3, -0.25) is 0 Å². The molecule has 0 aliphatic rings. The largest absolute Gasteiger partial charge is 0.394 e. The Labute approximate surface area is 159 Å². The smallest absolute Gasteiger partial charge is 0.0907 e. The van der Waals surface area contributed by atoms with E-state index in [1.54, 1.807) is 0 Å². The number of hydrogen-bond acceptors (Lipinski definition) is 3. The fraction of sp³-hybridized carbons (Fsp3) is 0.217. The highest BCUT2D eigenvalue weighted by atomic mass is 32.2. The second-order valence-corrected chi connectivity index (χ2v) is 7.27. The summed E-state index contributed by atoms with van der Waals surface area (Å²) in [6.45, 7) is 1.06. The summed E-state index contributed by atoms with van der Waals surface area (Å²) in [7, 11) is 0. The van der Waals surface area contributed by atoms with Gasteiger partial charge in [-0.15, -0.1) is 11.8 Å². The summed E-state index contributed by atoms with van der Waals surface area (Å²) < 4.78 is 5.22. The third-order valence-corrected chi connectivity index (χ3v) is 5.83. The summed E-state index contributed by atoms with van der Waals surface area (Å²) >= 11 is 1.87. The van der Waals surface area contributed by atoms with E-state index < -0.39 is 0 Å². The molecule has 3 aromatic rings. The van der Waals surface area contributed by atoms with Crippen LogP contribution in [0.3, 0.4) is 0 Å². The lowest BCUT2D eigenvalue weighted by atomic mass is 9.84. The summed E-state index contributed by atoms with van der Waals surface area (Å²) in [5, 5.41) is 8.93. The fourth-order valence-corrected chi connectivity index (χ4v) is 4.60. The Hall–Kier alpha value is -2.07. The Morgan fingerprint density at radius 1 is 0.654 bits per heavy atom. The van der Waals surface area contributed by atoms with Crippen LogP contribution in [0.25, 0.3) is 0 Å². The van der Waals surface area contributed by atoms with Crippen molar-refractivity contribution in [3.8, 4) is 0 Å². The molecule has 1 N–H and O–H groups in total. The highest BCUT2D eigenvalue weighted by molar-refractivity contribution is 8.00. The van der Waals surface area contributed by atoms with E-state index in [1.165, 1.54) is 16.7 Å². The molecule has 0 unspecified atom stereocenters.